The largest absolute Gasteiger partial charge is 0.494 e. The highest BCUT2D eigenvalue weighted by Crippen LogP contribution is 2.48. The van der Waals surface area contributed by atoms with E-state index in [1.54, 1.807) is 59.7 Å². The Labute approximate surface area is 229 Å². The van der Waals surface area contributed by atoms with Gasteiger partial charge in [0.05, 0.1) is 23.0 Å². The van der Waals surface area contributed by atoms with Crippen LogP contribution in [0.15, 0.2) is 89.3 Å². The number of rotatable bonds is 6. The molecule has 3 aromatic carbocycles. The first-order valence-electron chi connectivity index (χ1n) is 12.1. The zero-order valence-corrected chi connectivity index (χ0v) is 21.7. The van der Waals surface area contributed by atoms with E-state index in [1.165, 1.54) is 4.90 Å². The summed E-state index contributed by atoms with van der Waals surface area (Å²) in [4.78, 5) is 34.7. The predicted molar refractivity (Wildman–Crippen MR) is 144 cm³/mol. The highest BCUT2D eigenvalue weighted by atomic mass is 35.5. The van der Waals surface area contributed by atoms with E-state index in [4.69, 9.17) is 37.2 Å². The standard InChI is InChI=1S/C29H22Cl2N2O5/c1-2-36-20-11-9-18(10-12-20)32-28(34)25-26(33(38-27(25)29(32)35)19-6-4-3-5-7-19)24-15-14-23(37-24)21-16-17(30)8-13-22(21)31/h3-16,25-27H,2H2,1H3/t25-,26-,27+/m0/s1. The summed E-state index contributed by atoms with van der Waals surface area (Å²) in [6, 6.07) is 24.1. The minimum Gasteiger partial charge on any atom is -0.494 e. The molecular formula is C29H22Cl2N2O5. The van der Waals surface area contributed by atoms with Crippen LogP contribution in [0.2, 0.25) is 10.0 Å². The van der Waals surface area contributed by atoms with Crippen LogP contribution < -0.4 is 14.7 Å². The molecule has 3 heterocycles. The summed E-state index contributed by atoms with van der Waals surface area (Å²) in [5.74, 6) is -0.0272. The molecule has 1 aromatic heterocycles. The summed E-state index contributed by atoms with van der Waals surface area (Å²) in [6.07, 6.45) is -1.01. The van der Waals surface area contributed by atoms with E-state index in [9.17, 15) is 9.59 Å². The van der Waals surface area contributed by atoms with Crippen LogP contribution in [0.3, 0.4) is 0 Å². The lowest BCUT2D eigenvalue weighted by molar-refractivity contribution is -0.126. The number of halogens is 2. The number of ether oxygens (including phenoxy) is 1. The number of nitrogens with zero attached hydrogens (tertiary/aromatic N) is 2. The number of amides is 2. The van der Waals surface area contributed by atoms with Crippen LogP contribution in [-0.2, 0) is 14.4 Å². The van der Waals surface area contributed by atoms with Crippen molar-refractivity contribution >= 4 is 46.4 Å². The van der Waals surface area contributed by atoms with E-state index < -0.39 is 24.0 Å². The zero-order valence-electron chi connectivity index (χ0n) is 20.2. The third-order valence-electron chi connectivity index (χ3n) is 6.64. The highest BCUT2D eigenvalue weighted by molar-refractivity contribution is 6.35. The lowest BCUT2D eigenvalue weighted by Crippen LogP contribution is -2.37. The number of hydrogen-bond acceptors (Lipinski definition) is 6. The van der Waals surface area contributed by atoms with Gasteiger partial charge >= 0.3 is 0 Å². The maximum absolute atomic E-state index is 13.8. The first-order valence-corrected chi connectivity index (χ1v) is 12.9. The van der Waals surface area contributed by atoms with Crippen LogP contribution in [0.5, 0.6) is 5.75 Å². The fraction of sp³-hybridized carbons (Fsp3) is 0.172. The van der Waals surface area contributed by atoms with E-state index in [0.717, 1.165) is 0 Å². The summed E-state index contributed by atoms with van der Waals surface area (Å²) in [7, 11) is 0. The van der Waals surface area contributed by atoms with E-state index in [-0.39, 0.29) is 5.91 Å². The fourth-order valence-electron chi connectivity index (χ4n) is 4.96. The molecule has 192 valence electrons. The molecule has 6 rings (SSSR count). The lowest BCUT2D eigenvalue weighted by atomic mass is 9.94. The number of fused-ring (bicyclic) bond motifs is 1. The van der Waals surface area contributed by atoms with E-state index in [1.807, 2.05) is 37.3 Å². The van der Waals surface area contributed by atoms with Crippen molar-refractivity contribution in [2.45, 2.75) is 19.1 Å². The van der Waals surface area contributed by atoms with Gasteiger partial charge in [0.15, 0.2) is 6.10 Å². The van der Waals surface area contributed by atoms with E-state index >= 15 is 0 Å². The normalized spacial score (nSPS) is 20.8. The molecule has 0 N–H and O–H groups in total. The Hall–Kier alpha value is -3.78. The van der Waals surface area contributed by atoms with Gasteiger partial charge in [0.25, 0.3) is 5.91 Å². The van der Waals surface area contributed by atoms with Crippen molar-refractivity contribution in [3.8, 4) is 17.1 Å². The van der Waals surface area contributed by atoms with Crippen molar-refractivity contribution < 1.29 is 23.6 Å². The van der Waals surface area contributed by atoms with Gasteiger partial charge in [-0.1, -0.05) is 41.4 Å². The van der Waals surface area contributed by atoms with E-state index in [2.05, 4.69) is 0 Å². The summed E-state index contributed by atoms with van der Waals surface area (Å²) in [5.41, 5.74) is 1.77. The number of hydrogen-bond donors (Lipinski definition) is 0. The molecule has 2 saturated heterocycles. The molecular weight excluding hydrogens is 527 g/mol. The van der Waals surface area contributed by atoms with Crippen LogP contribution >= 0.6 is 23.2 Å². The van der Waals surface area contributed by atoms with Crippen LogP contribution in [0.1, 0.15) is 18.7 Å². The van der Waals surface area contributed by atoms with Crippen molar-refractivity contribution in [3.63, 3.8) is 0 Å². The van der Waals surface area contributed by atoms with E-state index in [0.29, 0.717) is 50.9 Å². The minimum atomic E-state index is -1.01. The molecule has 0 bridgehead atoms. The third-order valence-corrected chi connectivity index (χ3v) is 7.21. The molecule has 2 aliphatic heterocycles. The highest BCUT2D eigenvalue weighted by Gasteiger charge is 2.61. The number of hydroxylamine groups is 1. The van der Waals surface area contributed by atoms with Crippen molar-refractivity contribution in [2.24, 2.45) is 5.92 Å². The fourth-order valence-corrected chi connectivity index (χ4v) is 5.34. The topological polar surface area (TPSA) is 72.2 Å². The molecule has 2 amide bonds. The average Bonchev–Trinajstić information content (AvgIpc) is 3.62. The quantitative estimate of drug-likeness (QED) is 0.249. The number of para-hydroxylation sites is 1. The predicted octanol–water partition coefficient (Wildman–Crippen LogP) is 6.70. The molecule has 0 spiro atoms. The Kier molecular flexibility index (Phi) is 6.35. The molecule has 0 aliphatic carbocycles. The molecule has 0 unspecified atom stereocenters. The van der Waals surface area contributed by atoms with Gasteiger partial charge in [-0.15, -0.1) is 0 Å². The second-order valence-corrected chi connectivity index (χ2v) is 9.77. The summed E-state index contributed by atoms with van der Waals surface area (Å²) in [5, 5.41) is 2.58. The maximum atomic E-state index is 13.8. The average molecular weight is 549 g/mol. The van der Waals surface area contributed by atoms with Crippen molar-refractivity contribution in [1.82, 2.24) is 0 Å². The van der Waals surface area contributed by atoms with Crippen molar-refractivity contribution in [3.05, 3.63) is 101 Å². The minimum absolute atomic E-state index is 0.369. The van der Waals surface area contributed by atoms with Crippen molar-refractivity contribution in [2.75, 3.05) is 16.6 Å². The molecule has 4 aromatic rings. The van der Waals surface area contributed by atoms with Gasteiger partial charge in [0.2, 0.25) is 5.91 Å². The van der Waals surface area contributed by atoms with Gasteiger partial charge in [-0.05, 0) is 73.7 Å². The first-order chi connectivity index (χ1) is 18.5. The molecule has 0 radical (unpaired) electrons. The molecule has 2 aliphatic rings. The monoisotopic (exact) mass is 548 g/mol. The van der Waals surface area contributed by atoms with Crippen LogP contribution in [-0.4, -0.2) is 24.5 Å². The number of anilines is 2. The second kappa shape index (κ2) is 9.83. The van der Waals surface area contributed by atoms with Gasteiger partial charge in [-0.3, -0.25) is 14.4 Å². The number of furan rings is 1. The van der Waals surface area contributed by atoms with Crippen molar-refractivity contribution in [1.29, 1.82) is 0 Å². The Morgan fingerprint density at radius 3 is 2.37 bits per heavy atom. The van der Waals surface area contributed by atoms with Crippen LogP contribution in [0, 0.1) is 5.92 Å². The SMILES string of the molecule is CCOc1ccc(N2C(=O)[C@@H]3[C@@H](ON(c4ccccc4)[C@H]3c3ccc(-c4cc(Cl)ccc4Cl)o3)C2=O)cc1. The Morgan fingerprint density at radius 1 is 0.868 bits per heavy atom. The molecule has 3 atom stereocenters. The van der Waals surface area contributed by atoms with Gasteiger partial charge in [-0.25, -0.2) is 9.96 Å². The molecule has 0 saturated carbocycles. The Bertz CT molecular complexity index is 1510. The molecule has 7 nitrogen and oxygen atoms in total. The summed E-state index contributed by atoms with van der Waals surface area (Å²) >= 11 is 12.6. The van der Waals surface area contributed by atoms with Crippen LogP contribution in [0.4, 0.5) is 11.4 Å². The van der Waals surface area contributed by atoms with Gasteiger partial charge in [-0.2, -0.15) is 0 Å². The number of imide groups is 1. The number of carbonyl (C=O) groups is 2. The zero-order chi connectivity index (χ0) is 26.4. The molecule has 38 heavy (non-hydrogen) atoms. The number of carbonyl (C=O) groups excluding carboxylic acids is 2. The maximum Gasteiger partial charge on any atom is 0.266 e. The lowest BCUT2D eigenvalue weighted by Gasteiger charge is -2.27. The Morgan fingerprint density at radius 2 is 1.63 bits per heavy atom. The Balaban J connectivity index is 1.39. The smallest absolute Gasteiger partial charge is 0.266 e. The first kappa shape index (κ1) is 24.6. The summed E-state index contributed by atoms with van der Waals surface area (Å²) < 4.78 is 11.7. The van der Waals surface area contributed by atoms with Crippen LogP contribution in [0.25, 0.3) is 11.3 Å². The number of benzene rings is 3. The molecule has 2 fully saturated rings. The summed E-state index contributed by atoms with van der Waals surface area (Å²) in [6.45, 7) is 2.40. The third kappa shape index (κ3) is 4.13. The van der Waals surface area contributed by atoms with Gasteiger partial charge in [0.1, 0.15) is 29.2 Å². The molecule has 9 heteroatoms. The second-order valence-electron chi connectivity index (χ2n) is 8.92. The van der Waals surface area contributed by atoms with Gasteiger partial charge < -0.3 is 9.15 Å². The van der Waals surface area contributed by atoms with Gasteiger partial charge in [0, 0.05) is 10.6 Å².